The number of rotatable bonds is 5. The van der Waals surface area contributed by atoms with Crippen LogP contribution in [0.3, 0.4) is 0 Å². The van der Waals surface area contributed by atoms with Crippen molar-refractivity contribution in [3.63, 3.8) is 0 Å². The first-order chi connectivity index (χ1) is 9.72. The Kier molecular flexibility index (Phi) is 3.23. The fraction of sp³-hybridized carbons (Fsp3) is 0.357. The quantitative estimate of drug-likeness (QED) is 0.666. The van der Waals surface area contributed by atoms with Gasteiger partial charge in [-0.3, -0.25) is 15.1 Å². The molecular formula is C14H15N3O3. The second kappa shape index (κ2) is 5.05. The Balaban J connectivity index is 2.18. The van der Waals surface area contributed by atoms with Crippen molar-refractivity contribution in [1.82, 2.24) is 4.98 Å². The number of aliphatic hydroxyl groups is 1. The Morgan fingerprint density at radius 3 is 2.85 bits per heavy atom. The number of hydrogen-bond donors (Lipinski definition) is 1. The van der Waals surface area contributed by atoms with Crippen molar-refractivity contribution in [1.29, 1.82) is 0 Å². The number of hydrogen-bond acceptors (Lipinski definition) is 5. The van der Waals surface area contributed by atoms with Crippen molar-refractivity contribution >= 4 is 22.3 Å². The summed E-state index contributed by atoms with van der Waals surface area (Å²) in [5, 5.41) is 21.2. The van der Waals surface area contributed by atoms with Gasteiger partial charge in [0.25, 0.3) is 0 Å². The maximum absolute atomic E-state index is 11.5. The van der Waals surface area contributed by atoms with Gasteiger partial charge in [0, 0.05) is 18.8 Å². The monoisotopic (exact) mass is 273 g/mol. The number of nitro groups is 1. The third-order valence-corrected chi connectivity index (χ3v) is 3.56. The summed E-state index contributed by atoms with van der Waals surface area (Å²) in [4.78, 5) is 17.2. The van der Waals surface area contributed by atoms with Crippen LogP contribution in [0.5, 0.6) is 0 Å². The smallest absolute Gasteiger partial charge is 0.301 e. The molecule has 1 aliphatic carbocycles. The van der Waals surface area contributed by atoms with Crippen LogP contribution < -0.4 is 4.90 Å². The summed E-state index contributed by atoms with van der Waals surface area (Å²) in [5.41, 5.74) is 1.27. The lowest BCUT2D eigenvalue weighted by Gasteiger charge is -2.23. The molecule has 0 bridgehead atoms. The predicted molar refractivity (Wildman–Crippen MR) is 75.9 cm³/mol. The van der Waals surface area contributed by atoms with E-state index in [4.69, 9.17) is 0 Å². The van der Waals surface area contributed by atoms with Gasteiger partial charge in [0.2, 0.25) is 0 Å². The zero-order valence-electron chi connectivity index (χ0n) is 10.9. The molecule has 104 valence electrons. The molecule has 2 aromatic rings. The number of pyridine rings is 1. The number of fused-ring (bicyclic) bond motifs is 1. The lowest BCUT2D eigenvalue weighted by Crippen LogP contribution is -2.29. The maximum Gasteiger partial charge on any atom is 0.301 e. The molecule has 3 rings (SSSR count). The van der Waals surface area contributed by atoms with Crippen LogP contribution in [0.4, 0.5) is 11.4 Å². The van der Waals surface area contributed by atoms with E-state index in [1.165, 1.54) is 0 Å². The van der Waals surface area contributed by atoms with Crippen LogP contribution in [0.1, 0.15) is 12.8 Å². The number of aliphatic hydroxyl groups excluding tert-OH is 1. The van der Waals surface area contributed by atoms with Crippen molar-refractivity contribution in [3.05, 3.63) is 40.6 Å². The minimum absolute atomic E-state index is 0.0151. The van der Waals surface area contributed by atoms with Gasteiger partial charge in [-0.1, -0.05) is 0 Å². The molecule has 0 spiro atoms. The summed E-state index contributed by atoms with van der Waals surface area (Å²) < 4.78 is 0. The van der Waals surface area contributed by atoms with E-state index in [1.54, 1.807) is 30.5 Å². The zero-order valence-corrected chi connectivity index (χ0v) is 10.9. The van der Waals surface area contributed by atoms with Crippen LogP contribution in [0.25, 0.3) is 10.9 Å². The van der Waals surface area contributed by atoms with Gasteiger partial charge in [-0.25, -0.2) is 0 Å². The second-order valence-electron chi connectivity index (χ2n) is 4.91. The molecule has 1 aliphatic rings. The predicted octanol–water partition coefficient (Wildman–Crippen LogP) is 2.10. The Morgan fingerprint density at radius 1 is 1.40 bits per heavy atom. The van der Waals surface area contributed by atoms with Crippen molar-refractivity contribution in [2.45, 2.75) is 18.9 Å². The Bertz CT molecular complexity index is 655. The Morgan fingerprint density at radius 2 is 2.20 bits per heavy atom. The van der Waals surface area contributed by atoms with Gasteiger partial charge in [-0.2, -0.15) is 0 Å². The van der Waals surface area contributed by atoms with E-state index in [0.717, 1.165) is 12.8 Å². The molecule has 0 radical (unpaired) electrons. The highest BCUT2D eigenvalue weighted by Gasteiger charge is 2.33. The normalized spacial score (nSPS) is 14.4. The first-order valence-corrected chi connectivity index (χ1v) is 6.62. The Hall–Kier alpha value is -2.21. The summed E-state index contributed by atoms with van der Waals surface area (Å²) in [6.45, 7) is 0.399. The number of nitro benzene ring substituents is 1. The molecule has 0 unspecified atom stereocenters. The second-order valence-corrected chi connectivity index (χ2v) is 4.91. The standard InChI is InChI=1S/C14H15N3O3/c18-9-8-16(10-3-4-10)13-6-5-12-11(2-1-7-15-12)14(13)17(19)20/h1-2,5-7,10,18H,3-4,8-9H2. The summed E-state index contributed by atoms with van der Waals surface area (Å²) in [7, 11) is 0. The summed E-state index contributed by atoms with van der Waals surface area (Å²) in [5.74, 6) is 0. The highest BCUT2D eigenvalue weighted by Crippen LogP contribution is 2.40. The van der Waals surface area contributed by atoms with E-state index >= 15 is 0 Å². The molecule has 1 fully saturated rings. The summed E-state index contributed by atoms with van der Waals surface area (Å²) in [6.07, 6.45) is 3.66. The van der Waals surface area contributed by atoms with Crippen LogP contribution in [-0.2, 0) is 0 Å². The highest BCUT2D eigenvalue weighted by atomic mass is 16.6. The Labute approximate surface area is 115 Å². The van der Waals surface area contributed by atoms with Crippen LogP contribution in [0.15, 0.2) is 30.5 Å². The molecular weight excluding hydrogens is 258 g/mol. The lowest BCUT2D eigenvalue weighted by atomic mass is 10.1. The first-order valence-electron chi connectivity index (χ1n) is 6.62. The molecule has 20 heavy (non-hydrogen) atoms. The molecule has 1 heterocycles. The van der Waals surface area contributed by atoms with Gasteiger partial charge < -0.3 is 10.0 Å². The van der Waals surface area contributed by atoms with E-state index in [1.807, 2.05) is 4.90 Å². The molecule has 0 aliphatic heterocycles. The minimum atomic E-state index is -0.355. The van der Waals surface area contributed by atoms with Gasteiger partial charge in [0.1, 0.15) is 5.69 Å². The zero-order chi connectivity index (χ0) is 14.1. The fourth-order valence-electron chi connectivity index (χ4n) is 2.54. The third kappa shape index (κ3) is 2.18. The molecule has 0 saturated heterocycles. The maximum atomic E-state index is 11.5. The largest absolute Gasteiger partial charge is 0.395 e. The third-order valence-electron chi connectivity index (χ3n) is 3.56. The highest BCUT2D eigenvalue weighted by molar-refractivity contribution is 5.94. The van der Waals surface area contributed by atoms with Crippen LogP contribution in [-0.4, -0.2) is 34.2 Å². The molecule has 0 amide bonds. The minimum Gasteiger partial charge on any atom is -0.395 e. The van der Waals surface area contributed by atoms with Crippen molar-refractivity contribution in [2.75, 3.05) is 18.1 Å². The SMILES string of the molecule is O=[N+]([O-])c1c(N(CCO)C2CC2)ccc2ncccc12. The van der Waals surface area contributed by atoms with E-state index in [2.05, 4.69) is 4.98 Å². The number of nitrogens with zero attached hydrogens (tertiary/aromatic N) is 3. The number of anilines is 1. The van der Waals surface area contributed by atoms with E-state index < -0.39 is 0 Å². The van der Waals surface area contributed by atoms with Crippen LogP contribution in [0.2, 0.25) is 0 Å². The van der Waals surface area contributed by atoms with Gasteiger partial charge >= 0.3 is 5.69 Å². The average molecular weight is 273 g/mol. The molecule has 1 saturated carbocycles. The molecule has 1 aromatic carbocycles. The van der Waals surface area contributed by atoms with Crippen LogP contribution >= 0.6 is 0 Å². The summed E-state index contributed by atoms with van der Waals surface area (Å²) >= 11 is 0. The van der Waals surface area contributed by atoms with Crippen LogP contribution in [0, 0.1) is 10.1 Å². The van der Waals surface area contributed by atoms with E-state index in [-0.39, 0.29) is 17.2 Å². The number of aromatic nitrogens is 1. The fourth-order valence-corrected chi connectivity index (χ4v) is 2.54. The first kappa shape index (κ1) is 12.8. The topological polar surface area (TPSA) is 79.5 Å². The van der Waals surface area contributed by atoms with Crippen molar-refractivity contribution < 1.29 is 10.0 Å². The number of benzene rings is 1. The molecule has 6 heteroatoms. The molecule has 1 N–H and O–H groups in total. The van der Waals surface area contributed by atoms with Gasteiger partial charge in [0.15, 0.2) is 0 Å². The molecule has 6 nitrogen and oxygen atoms in total. The van der Waals surface area contributed by atoms with Gasteiger partial charge in [0.05, 0.1) is 22.4 Å². The van der Waals surface area contributed by atoms with Crippen molar-refractivity contribution in [3.8, 4) is 0 Å². The summed E-state index contributed by atoms with van der Waals surface area (Å²) in [6, 6.07) is 7.25. The average Bonchev–Trinajstić information content (AvgIpc) is 3.28. The van der Waals surface area contributed by atoms with E-state index in [9.17, 15) is 15.2 Å². The molecule has 1 aromatic heterocycles. The van der Waals surface area contributed by atoms with Crippen molar-refractivity contribution in [2.24, 2.45) is 0 Å². The van der Waals surface area contributed by atoms with Gasteiger partial charge in [-0.15, -0.1) is 0 Å². The molecule has 0 atom stereocenters. The van der Waals surface area contributed by atoms with Gasteiger partial charge in [-0.05, 0) is 37.1 Å². The lowest BCUT2D eigenvalue weighted by molar-refractivity contribution is -0.382. The van der Waals surface area contributed by atoms with E-state index in [0.29, 0.717) is 29.2 Å².